The van der Waals surface area contributed by atoms with Gasteiger partial charge in [0.2, 0.25) is 0 Å². The molecule has 0 aliphatic heterocycles. The van der Waals surface area contributed by atoms with E-state index >= 15 is 0 Å². The highest BCUT2D eigenvalue weighted by atomic mass is 16.5. The summed E-state index contributed by atoms with van der Waals surface area (Å²) in [5, 5.41) is 26.8. The van der Waals surface area contributed by atoms with Crippen molar-refractivity contribution in [3.05, 3.63) is 23.3 Å². The molecule has 0 spiro atoms. The molecular formula is C28H48N2O4. The summed E-state index contributed by atoms with van der Waals surface area (Å²) in [5.41, 5.74) is 3.70. The molecule has 4 bridgehead atoms. The van der Waals surface area contributed by atoms with Crippen molar-refractivity contribution in [3.8, 4) is 0 Å². The van der Waals surface area contributed by atoms with Crippen LogP contribution < -0.4 is 10.6 Å². The molecule has 6 atom stereocenters. The predicted molar refractivity (Wildman–Crippen MR) is 136 cm³/mol. The average molecular weight is 477 g/mol. The number of fused-ring (bicyclic) bond motifs is 2. The maximum atomic E-state index is 10.2. The van der Waals surface area contributed by atoms with Gasteiger partial charge in [-0.05, 0) is 71.3 Å². The zero-order valence-electron chi connectivity index (χ0n) is 21.8. The molecule has 6 aliphatic rings. The molecule has 2 fully saturated rings. The number of nitrogens with one attached hydrogen (secondary N) is 2. The summed E-state index contributed by atoms with van der Waals surface area (Å²) in [6.07, 6.45) is 8.67. The summed E-state index contributed by atoms with van der Waals surface area (Å²) in [7, 11) is 0. The van der Waals surface area contributed by atoms with E-state index in [0.717, 1.165) is 24.9 Å². The van der Waals surface area contributed by atoms with Gasteiger partial charge in [-0.3, -0.25) is 0 Å². The van der Waals surface area contributed by atoms with Crippen LogP contribution in [0.2, 0.25) is 0 Å². The van der Waals surface area contributed by atoms with E-state index in [0.29, 0.717) is 62.2 Å². The van der Waals surface area contributed by atoms with E-state index in [1.165, 1.54) is 36.8 Å². The van der Waals surface area contributed by atoms with Gasteiger partial charge in [-0.1, -0.05) is 39.8 Å². The van der Waals surface area contributed by atoms with Gasteiger partial charge in [0.25, 0.3) is 0 Å². The van der Waals surface area contributed by atoms with Crippen molar-refractivity contribution in [1.82, 2.24) is 10.6 Å². The number of hydrogen-bond acceptors (Lipinski definition) is 6. The lowest BCUT2D eigenvalue weighted by molar-refractivity contribution is -0.0237. The van der Waals surface area contributed by atoms with Gasteiger partial charge in [-0.25, -0.2) is 0 Å². The Labute approximate surface area is 206 Å². The van der Waals surface area contributed by atoms with E-state index in [1.54, 1.807) is 0 Å². The fourth-order valence-corrected chi connectivity index (χ4v) is 6.74. The van der Waals surface area contributed by atoms with Crippen LogP contribution in [0.4, 0.5) is 0 Å². The summed E-state index contributed by atoms with van der Waals surface area (Å²) in [6, 6.07) is 0. The maximum Gasteiger partial charge on any atom is 0.0897 e. The molecule has 0 radical (unpaired) electrons. The van der Waals surface area contributed by atoms with Crippen molar-refractivity contribution in [2.24, 2.45) is 34.5 Å². The first-order chi connectivity index (χ1) is 16.2. The fraction of sp³-hybridized carbons (Fsp3) is 0.857. The van der Waals surface area contributed by atoms with Crippen molar-refractivity contribution in [1.29, 1.82) is 0 Å². The summed E-state index contributed by atoms with van der Waals surface area (Å²) in [4.78, 5) is 0. The van der Waals surface area contributed by atoms with Gasteiger partial charge in [0, 0.05) is 26.2 Å². The smallest absolute Gasteiger partial charge is 0.0897 e. The first kappa shape index (κ1) is 26.3. The third-order valence-corrected chi connectivity index (χ3v) is 9.56. The van der Waals surface area contributed by atoms with Crippen molar-refractivity contribution in [3.63, 3.8) is 0 Å². The van der Waals surface area contributed by atoms with Gasteiger partial charge in [-0.2, -0.15) is 0 Å². The van der Waals surface area contributed by atoms with E-state index in [9.17, 15) is 10.2 Å². The van der Waals surface area contributed by atoms with Crippen LogP contribution in [0, 0.1) is 34.5 Å². The van der Waals surface area contributed by atoms with Gasteiger partial charge in [0.15, 0.2) is 0 Å². The van der Waals surface area contributed by atoms with Crippen LogP contribution in [-0.2, 0) is 9.47 Å². The first-order valence-corrected chi connectivity index (χ1v) is 13.5. The predicted octanol–water partition coefficient (Wildman–Crippen LogP) is 2.91. The summed E-state index contributed by atoms with van der Waals surface area (Å²) in [6.45, 7) is 14.0. The summed E-state index contributed by atoms with van der Waals surface area (Å²) >= 11 is 0. The molecule has 6 aliphatic carbocycles. The second-order valence-corrected chi connectivity index (χ2v) is 12.4. The third kappa shape index (κ3) is 5.79. The molecule has 0 aromatic carbocycles. The second-order valence-electron chi connectivity index (χ2n) is 12.4. The van der Waals surface area contributed by atoms with Crippen LogP contribution >= 0.6 is 0 Å². The quantitative estimate of drug-likeness (QED) is 0.215. The van der Waals surface area contributed by atoms with E-state index in [1.807, 2.05) is 0 Å². The van der Waals surface area contributed by atoms with Crippen LogP contribution in [0.5, 0.6) is 0 Å². The number of rotatable bonds is 15. The van der Waals surface area contributed by atoms with Crippen LogP contribution in [-0.4, -0.2) is 75.0 Å². The van der Waals surface area contributed by atoms with Crippen LogP contribution in [0.1, 0.15) is 53.4 Å². The Kier molecular flexibility index (Phi) is 8.59. The Morgan fingerprint density at radius 1 is 0.794 bits per heavy atom. The molecule has 4 N–H and O–H groups in total. The minimum absolute atomic E-state index is 0.361. The molecule has 0 amide bonds. The fourth-order valence-electron chi connectivity index (χ4n) is 6.74. The Morgan fingerprint density at radius 3 is 1.56 bits per heavy atom. The minimum atomic E-state index is -0.504. The Hall–Kier alpha value is -0.760. The topological polar surface area (TPSA) is 83.0 Å². The highest BCUT2D eigenvalue weighted by Crippen LogP contribution is 2.60. The molecular weight excluding hydrogens is 428 g/mol. The molecule has 6 rings (SSSR count). The SMILES string of the molecule is CC1(C)[C@H]2CC=C(COC[C@@H](O)CNCCNC[C@H](O)COCC3=CC[C@H]4C[C@H]3C4(C)C)[C@H]1C2. The number of ether oxygens (including phenoxy) is 2. The van der Waals surface area contributed by atoms with E-state index in [-0.39, 0.29) is 0 Å². The molecule has 0 unspecified atom stereocenters. The Bertz CT molecular complexity index is 685. The van der Waals surface area contributed by atoms with Crippen LogP contribution in [0.15, 0.2) is 23.3 Å². The van der Waals surface area contributed by atoms with Crippen molar-refractivity contribution < 1.29 is 19.7 Å². The first-order valence-electron chi connectivity index (χ1n) is 13.5. The molecule has 0 heterocycles. The molecule has 0 saturated heterocycles. The van der Waals surface area contributed by atoms with Gasteiger partial charge < -0.3 is 30.3 Å². The zero-order chi connectivity index (χ0) is 24.3. The van der Waals surface area contributed by atoms with E-state index in [4.69, 9.17) is 9.47 Å². The second kappa shape index (κ2) is 11.1. The van der Waals surface area contributed by atoms with Gasteiger partial charge in [0.1, 0.15) is 0 Å². The Balaban J connectivity index is 0.968. The molecule has 6 heteroatoms. The van der Waals surface area contributed by atoms with Gasteiger partial charge in [0.05, 0.1) is 38.6 Å². The molecule has 0 aromatic heterocycles. The highest BCUT2D eigenvalue weighted by Gasteiger charge is 2.51. The van der Waals surface area contributed by atoms with Crippen molar-refractivity contribution in [2.75, 3.05) is 52.6 Å². The van der Waals surface area contributed by atoms with Crippen LogP contribution in [0.3, 0.4) is 0 Å². The summed E-state index contributed by atoms with van der Waals surface area (Å²) < 4.78 is 11.6. The van der Waals surface area contributed by atoms with E-state index in [2.05, 4.69) is 50.5 Å². The number of hydrogen-bond donors (Lipinski definition) is 4. The molecule has 0 aromatic rings. The van der Waals surface area contributed by atoms with Gasteiger partial charge >= 0.3 is 0 Å². The lowest BCUT2D eigenvalue weighted by Gasteiger charge is -2.56. The number of aliphatic hydroxyl groups excluding tert-OH is 2. The number of aliphatic hydroxyl groups is 2. The molecule has 194 valence electrons. The lowest BCUT2D eigenvalue weighted by Crippen LogP contribution is -2.48. The molecule has 6 nitrogen and oxygen atoms in total. The monoisotopic (exact) mass is 476 g/mol. The van der Waals surface area contributed by atoms with E-state index < -0.39 is 12.2 Å². The lowest BCUT2D eigenvalue weighted by atomic mass is 9.49. The number of allylic oxidation sites excluding steroid dienone is 2. The largest absolute Gasteiger partial charge is 0.389 e. The molecule has 34 heavy (non-hydrogen) atoms. The third-order valence-electron chi connectivity index (χ3n) is 9.56. The van der Waals surface area contributed by atoms with Gasteiger partial charge in [-0.15, -0.1) is 0 Å². The summed E-state index contributed by atoms with van der Waals surface area (Å²) in [5.74, 6) is 3.01. The maximum absolute atomic E-state index is 10.2. The van der Waals surface area contributed by atoms with Crippen molar-refractivity contribution in [2.45, 2.75) is 65.6 Å². The normalized spacial score (nSPS) is 32.2. The average Bonchev–Trinajstić information content (AvgIpc) is 2.81. The minimum Gasteiger partial charge on any atom is -0.389 e. The van der Waals surface area contributed by atoms with Crippen LogP contribution in [0.25, 0.3) is 0 Å². The standard InChI is InChI=1S/C28H48N2O4/c1-27(2)21-7-5-19(25(27)11-21)15-33-17-23(31)13-29-9-10-30-14-24(32)18-34-16-20-6-8-22-12-26(20)28(22,3)4/h5-6,21-26,29-32H,7-18H2,1-4H3/t21-,22-,23-,24-,25+,26+/m0/s1. The highest BCUT2D eigenvalue weighted by molar-refractivity contribution is 5.24. The molecule has 2 saturated carbocycles. The zero-order valence-corrected chi connectivity index (χ0v) is 21.8. The van der Waals surface area contributed by atoms with Crippen molar-refractivity contribution >= 4 is 0 Å². The Morgan fingerprint density at radius 2 is 1.21 bits per heavy atom.